The molecule has 34 heavy (non-hydrogen) atoms. The first-order valence-electron chi connectivity index (χ1n) is 13.7. The van der Waals surface area contributed by atoms with E-state index in [-0.39, 0.29) is 5.41 Å². The molecule has 2 nitrogen and oxygen atoms in total. The van der Waals surface area contributed by atoms with Gasteiger partial charge in [0.25, 0.3) is 5.82 Å². The van der Waals surface area contributed by atoms with Crippen molar-refractivity contribution in [3.63, 3.8) is 0 Å². The molecule has 3 rings (SSSR count). The molecule has 1 aromatic heterocycles. The van der Waals surface area contributed by atoms with E-state index in [0.717, 1.165) is 13.0 Å². The second-order valence-electron chi connectivity index (χ2n) is 10.7. The van der Waals surface area contributed by atoms with E-state index in [4.69, 9.17) is 0 Å². The number of benzene rings is 2. The number of aryl methyl sites for hydroxylation is 1. The predicted octanol–water partition coefficient (Wildman–Crippen LogP) is 8.38. The summed E-state index contributed by atoms with van der Waals surface area (Å²) in [6.07, 6.45) is 16.3. The van der Waals surface area contributed by atoms with E-state index < -0.39 is 0 Å². The van der Waals surface area contributed by atoms with Crippen molar-refractivity contribution >= 4 is 0 Å². The van der Waals surface area contributed by atoms with Gasteiger partial charge in [0.1, 0.15) is 12.4 Å². The Balaban J connectivity index is 1.79. The molecule has 2 atom stereocenters. The number of H-pyrrole nitrogens is 1. The zero-order valence-electron chi connectivity index (χ0n) is 22.1. The van der Waals surface area contributed by atoms with Crippen LogP contribution in [0.3, 0.4) is 0 Å². The summed E-state index contributed by atoms with van der Waals surface area (Å²) in [7, 11) is 0. The maximum atomic E-state index is 3.69. The van der Waals surface area contributed by atoms with Crippen LogP contribution in [0, 0.1) is 5.92 Å². The van der Waals surface area contributed by atoms with Crippen molar-refractivity contribution in [2.75, 3.05) is 0 Å². The highest BCUT2D eigenvalue weighted by molar-refractivity contribution is 5.33. The van der Waals surface area contributed by atoms with Gasteiger partial charge in [0.15, 0.2) is 0 Å². The highest BCUT2D eigenvalue weighted by Crippen LogP contribution is 2.44. The fraction of sp³-hybridized carbons (Fsp3) is 0.531. The van der Waals surface area contributed by atoms with Crippen LogP contribution in [0.2, 0.25) is 0 Å². The quantitative estimate of drug-likeness (QED) is 0.174. The third-order valence-electron chi connectivity index (χ3n) is 7.54. The van der Waals surface area contributed by atoms with Crippen LogP contribution in [-0.4, -0.2) is 4.98 Å². The minimum Gasteiger partial charge on any atom is -0.247 e. The molecule has 2 aromatic carbocycles. The molecule has 0 aliphatic heterocycles. The van der Waals surface area contributed by atoms with Crippen molar-refractivity contribution in [1.29, 1.82) is 0 Å². The van der Waals surface area contributed by atoms with Gasteiger partial charge >= 0.3 is 0 Å². The molecule has 0 saturated heterocycles. The number of hydrogen-bond acceptors (Lipinski definition) is 0. The van der Waals surface area contributed by atoms with Crippen molar-refractivity contribution in [3.05, 3.63) is 90.0 Å². The lowest BCUT2D eigenvalue weighted by Crippen LogP contribution is -2.45. The number of aromatic nitrogens is 2. The van der Waals surface area contributed by atoms with Crippen molar-refractivity contribution in [2.24, 2.45) is 5.92 Å². The molecule has 3 aromatic rings. The first kappa shape index (κ1) is 26.3. The van der Waals surface area contributed by atoms with Crippen molar-refractivity contribution in [2.45, 2.75) is 103 Å². The molecule has 0 saturated carbocycles. The van der Waals surface area contributed by atoms with E-state index in [1.807, 2.05) is 0 Å². The molecule has 0 fully saturated rings. The number of imidazole rings is 1. The maximum Gasteiger partial charge on any atom is 0.258 e. The van der Waals surface area contributed by atoms with Crippen LogP contribution in [0.4, 0.5) is 0 Å². The molecule has 1 N–H and O–H groups in total. The summed E-state index contributed by atoms with van der Waals surface area (Å²) in [5.41, 5.74) is 2.81. The average Bonchev–Trinajstić information content (AvgIpc) is 3.29. The Kier molecular flexibility index (Phi) is 10.4. The van der Waals surface area contributed by atoms with E-state index >= 15 is 0 Å². The van der Waals surface area contributed by atoms with E-state index in [1.165, 1.54) is 68.3 Å². The van der Waals surface area contributed by atoms with Crippen molar-refractivity contribution < 1.29 is 4.57 Å². The Morgan fingerprint density at radius 3 is 2.00 bits per heavy atom. The highest BCUT2D eigenvalue weighted by atomic mass is 15.1. The highest BCUT2D eigenvalue weighted by Gasteiger charge is 2.44. The summed E-state index contributed by atoms with van der Waals surface area (Å²) in [5.74, 6) is 2.27. The molecule has 0 amide bonds. The summed E-state index contributed by atoms with van der Waals surface area (Å²) in [4.78, 5) is 3.69. The standard InChI is InChI=1S/C32H46N2/c1-5-6-7-8-9-10-11-18-24-34-25-23-33-31(34)30(27(2)3)32(4,29-21-16-13-17-22-29)26-28-19-14-12-15-20-28/h12-17,19-23,25,27,30H,5-11,18,24,26H2,1-4H3/p+1. The van der Waals surface area contributed by atoms with Crippen LogP contribution in [0.5, 0.6) is 0 Å². The molecule has 0 aliphatic rings. The molecule has 0 aliphatic carbocycles. The van der Waals surface area contributed by atoms with Crippen molar-refractivity contribution in [1.82, 2.24) is 4.98 Å². The molecule has 0 radical (unpaired) electrons. The fourth-order valence-electron chi connectivity index (χ4n) is 5.84. The van der Waals surface area contributed by atoms with Gasteiger partial charge in [-0.25, -0.2) is 9.55 Å². The Bertz CT molecular complexity index is 928. The number of nitrogens with one attached hydrogen (secondary N) is 1. The summed E-state index contributed by atoms with van der Waals surface area (Å²) in [6.45, 7) is 10.6. The van der Waals surface area contributed by atoms with E-state index in [1.54, 1.807) is 0 Å². The second kappa shape index (κ2) is 13.5. The summed E-state index contributed by atoms with van der Waals surface area (Å²) in [6, 6.07) is 22.2. The monoisotopic (exact) mass is 459 g/mol. The lowest BCUT2D eigenvalue weighted by molar-refractivity contribution is -0.705. The smallest absolute Gasteiger partial charge is 0.247 e. The van der Waals surface area contributed by atoms with Gasteiger partial charge in [0.2, 0.25) is 0 Å². The number of hydrogen-bond donors (Lipinski definition) is 1. The van der Waals surface area contributed by atoms with Crippen LogP contribution in [0.15, 0.2) is 73.1 Å². The van der Waals surface area contributed by atoms with Gasteiger partial charge in [-0.05, 0) is 36.3 Å². The second-order valence-corrected chi connectivity index (χ2v) is 10.7. The zero-order valence-corrected chi connectivity index (χ0v) is 22.1. The van der Waals surface area contributed by atoms with Gasteiger partial charge in [-0.1, -0.05) is 127 Å². The molecule has 2 heteroatoms. The third kappa shape index (κ3) is 7.08. The first-order chi connectivity index (χ1) is 16.6. The SMILES string of the molecule is CCCCCCCCCC[n+]1cc[nH]c1C(C(C)C)C(C)(Cc1ccccc1)c1ccccc1. The normalized spacial score (nSPS) is 14.3. The Labute approximate surface area is 208 Å². The maximum absolute atomic E-state index is 3.69. The van der Waals surface area contributed by atoms with E-state index in [0.29, 0.717) is 11.8 Å². The van der Waals surface area contributed by atoms with Crippen LogP contribution < -0.4 is 4.57 Å². The van der Waals surface area contributed by atoms with Gasteiger partial charge in [0, 0.05) is 5.41 Å². The molecular weight excluding hydrogens is 412 g/mol. The van der Waals surface area contributed by atoms with Crippen LogP contribution in [0.25, 0.3) is 0 Å². The zero-order chi connectivity index (χ0) is 24.2. The first-order valence-corrected chi connectivity index (χ1v) is 13.7. The van der Waals surface area contributed by atoms with Gasteiger partial charge in [-0.3, -0.25) is 0 Å². The molecular formula is C32H47N2+. The summed E-state index contributed by atoms with van der Waals surface area (Å²) >= 11 is 0. The van der Waals surface area contributed by atoms with Crippen LogP contribution in [0.1, 0.15) is 102 Å². The summed E-state index contributed by atoms with van der Waals surface area (Å²) < 4.78 is 2.51. The lowest BCUT2D eigenvalue weighted by Gasteiger charge is -2.39. The van der Waals surface area contributed by atoms with Crippen molar-refractivity contribution in [3.8, 4) is 0 Å². The Morgan fingerprint density at radius 1 is 0.794 bits per heavy atom. The van der Waals surface area contributed by atoms with Gasteiger partial charge in [0.05, 0.1) is 12.5 Å². The largest absolute Gasteiger partial charge is 0.258 e. The van der Waals surface area contributed by atoms with Gasteiger partial charge in [-0.2, -0.15) is 0 Å². The molecule has 0 spiro atoms. The predicted molar refractivity (Wildman–Crippen MR) is 145 cm³/mol. The number of unbranched alkanes of at least 4 members (excludes halogenated alkanes) is 7. The third-order valence-corrected chi connectivity index (χ3v) is 7.54. The minimum atomic E-state index is -0.0112. The Hall–Kier alpha value is -2.35. The number of aromatic amines is 1. The molecule has 0 bridgehead atoms. The van der Waals surface area contributed by atoms with Crippen LogP contribution >= 0.6 is 0 Å². The average molecular weight is 460 g/mol. The van der Waals surface area contributed by atoms with Crippen LogP contribution in [-0.2, 0) is 18.4 Å². The lowest BCUT2D eigenvalue weighted by atomic mass is 9.64. The summed E-state index contributed by atoms with van der Waals surface area (Å²) in [5, 5.41) is 0. The number of rotatable bonds is 15. The minimum absolute atomic E-state index is 0.0112. The molecule has 2 unspecified atom stereocenters. The fourth-order valence-corrected chi connectivity index (χ4v) is 5.84. The molecule has 1 heterocycles. The topological polar surface area (TPSA) is 19.7 Å². The van der Waals surface area contributed by atoms with Gasteiger partial charge in [-0.15, -0.1) is 0 Å². The Morgan fingerprint density at radius 2 is 1.38 bits per heavy atom. The van der Waals surface area contributed by atoms with Gasteiger partial charge < -0.3 is 0 Å². The van der Waals surface area contributed by atoms with E-state index in [9.17, 15) is 0 Å². The van der Waals surface area contributed by atoms with E-state index in [2.05, 4.69) is 110 Å². The molecule has 184 valence electrons. The number of nitrogens with zero attached hydrogens (tertiary/aromatic N) is 1.